The van der Waals surface area contributed by atoms with Crippen molar-refractivity contribution in [2.24, 2.45) is 11.7 Å². The average Bonchev–Trinajstić information content (AvgIpc) is 2.62. The zero-order chi connectivity index (χ0) is 11.4. The number of primary amides is 1. The highest BCUT2D eigenvalue weighted by molar-refractivity contribution is 5.80. The van der Waals surface area contributed by atoms with Gasteiger partial charge in [-0.15, -0.1) is 0 Å². The highest BCUT2D eigenvalue weighted by Gasteiger charge is 2.33. The lowest BCUT2D eigenvalue weighted by atomic mass is 9.95. The minimum Gasteiger partial charge on any atom is -0.368 e. The third-order valence-corrected chi connectivity index (χ3v) is 3.91. The van der Waals surface area contributed by atoms with Crippen LogP contribution in [-0.4, -0.2) is 43.0 Å². The lowest BCUT2D eigenvalue weighted by Gasteiger charge is -2.32. The Morgan fingerprint density at radius 1 is 1.19 bits per heavy atom. The van der Waals surface area contributed by atoms with Gasteiger partial charge in [-0.25, -0.2) is 0 Å². The van der Waals surface area contributed by atoms with E-state index in [0.717, 1.165) is 32.6 Å². The number of nitrogens with zero attached hydrogens (tertiary/aromatic N) is 1. The fraction of sp³-hybridized carbons (Fsp3) is 0.917. The molecule has 1 aliphatic carbocycles. The first-order valence-electron chi connectivity index (χ1n) is 6.53. The molecule has 4 nitrogen and oxygen atoms in total. The zero-order valence-electron chi connectivity index (χ0n) is 9.95. The van der Waals surface area contributed by atoms with Crippen LogP contribution in [0.1, 0.15) is 32.1 Å². The van der Waals surface area contributed by atoms with Crippen LogP contribution in [0.2, 0.25) is 0 Å². The molecular weight excluding hydrogens is 202 g/mol. The zero-order valence-corrected chi connectivity index (χ0v) is 9.95. The number of nitrogens with two attached hydrogens (primary N) is 1. The number of hydrogen-bond donors (Lipinski definition) is 2. The quantitative estimate of drug-likeness (QED) is 0.727. The topological polar surface area (TPSA) is 58.4 Å². The first-order chi connectivity index (χ1) is 7.79. The Bertz CT molecular complexity index is 230. The van der Waals surface area contributed by atoms with Crippen LogP contribution < -0.4 is 11.1 Å². The molecule has 3 N–H and O–H groups in total. The van der Waals surface area contributed by atoms with E-state index in [9.17, 15) is 4.79 Å². The normalized spacial score (nSPS) is 26.5. The Morgan fingerprint density at radius 3 is 2.62 bits per heavy atom. The lowest BCUT2D eigenvalue weighted by Crippen LogP contribution is -2.50. The Labute approximate surface area is 97.6 Å². The molecule has 1 saturated heterocycles. The van der Waals surface area contributed by atoms with Crippen LogP contribution in [0.4, 0.5) is 0 Å². The second-order valence-electron chi connectivity index (χ2n) is 5.03. The number of amides is 1. The van der Waals surface area contributed by atoms with Crippen molar-refractivity contribution in [2.75, 3.05) is 26.2 Å². The van der Waals surface area contributed by atoms with Gasteiger partial charge in [0.1, 0.15) is 0 Å². The van der Waals surface area contributed by atoms with Crippen LogP contribution in [-0.2, 0) is 4.79 Å². The molecule has 4 heteroatoms. The summed E-state index contributed by atoms with van der Waals surface area (Å²) in [6.07, 6.45) is 6.01. The molecule has 1 atom stereocenters. The standard InChI is InChI=1S/C12H23N3O/c13-12(16)11(10-4-1-2-5-10)15-8-3-6-14-7-9-15/h10-11,14H,1-9H2,(H2,13,16). The lowest BCUT2D eigenvalue weighted by molar-refractivity contribution is -0.125. The van der Waals surface area contributed by atoms with E-state index in [-0.39, 0.29) is 11.9 Å². The first kappa shape index (κ1) is 11.9. The highest BCUT2D eigenvalue weighted by atomic mass is 16.1. The van der Waals surface area contributed by atoms with Crippen molar-refractivity contribution in [3.05, 3.63) is 0 Å². The van der Waals surface area contributed by atoms with Crippen LogP contribution in [0, 0.1) is 5.92 Å². The van der Waals surface area contributed by atoms with Gasteiger partial charge in [0.15, 0.2) is 0 Å². The maximum atomic E-state index is 11.7. The molecule has 1 aliphatic heterocycles. The Kier molecular flexibility index (Phi) is 4.18. The van der Waals surface area contributed by atoms with E-state index in [1.807, 2.05) is 0 Å². The minimum atomic E-state index is -0.117. The van der Waals surface area contributed by atoms with Gasteiger partial charge in [-0.05, 0) is 31.7 Å². The SMILES string of the molecule is NC(=O)C(C1CCCC1)N1CCCNCC1. The van der Waals surface area contributed by atoms with Gasteiger partial charge >= 0.3 is 0 Å². The fourth-order valence-corrected chi connectivity index (χ4v) is 3.13. The third kappa shape index (κ3) is 2.74. The van der Waals surface area contributed by atoms with E-state index in [0.29, 0.717) is 5.92 Å². The third-order valence-electron chi connectivity index (χ3n) is 3.91. The second kappa shape index (κ2) is 5.64. The van der Waals surface area contributed by atoms with Gasteiger partial charge in [0, 0.05) is 19.6 Å². The van der Waals surface area contributed by atoms with Gasteiger partial charge in [0.05, 0.1) is 6.04 Å². The van der Waals surface area contributed by atoms with Crippen molar-refractivity contribution < 1.29 is 4.79 Å². The van der Waals surface area contributed by atoms with Crippen molar-refractivity contribution in [2.45, 2.75) is 38.1 Å². The molecule has 2 aliphatic rings. The summed E-state index contributed by atoms with van der Waals surface area (Å²) in [6.45, 7) is 4.02. The molecule has 1 amide bonds. The Hall–Kier alpha value is -0.610. The van der Waals surface area contributed by atoms with Gasteiger partial charge in [0.25, 0.3) is 0 Å². The van der Waals surface area contributed by atoms with E-state index >= 15 is 0 Å². The fourth-order valence-electron chi connectivity index (χ4n) is 3.13. The van der Waals surface area contributed by atoms with Crippen molar-refractivity contribution in [1.82, 2.24) is 10.2 Å². The van der Waals surface area contributed by atoms with Gasteiger partial charge in [-0.1, -0.05) is 12.8 Å². The summed E-state index contributed by atoms with van der Waals surface area (Å²) >= 11 is 0. The molecule has 16 heavy (non-hydrogen) atoms. The number of carbonyl (C=O) groups is 1. The molecule has 2 fully saturated rings. The number of hydrogen-bond acceptors (Lipinski definition) is 3. The monoisotopic (exact) mass is 225 g/mol. The largest absolute Gasteiger partial charge is 0.368 e. The molecule has 92 valence electrons. The van der Waals surface area contributed by atoms with Crippen molar-refractivity contribution in [3.8, 4) is 0 Å². The predicted molar refractivity (Wildman–Crippen MR) is 64.0 cm³/mol. The summed E-state index contributed by atoms with van der Waals surface area (Å²) in [5.41, 5.74) is 5.60. The van der Waals surface area contributed by atoms with Crippen molar-refractivity contribution in [3.63, 3.8) is 0 Å². The van der Waals surface area contributed by atoms with Crippen molar-refractivity contribution in [1.29, 1.82) is 0 Å². The van der Waals surface area contributed by atoms with E-state index in [2.05, 4.69) is 10.2 Å². The van der Waals surface area contributed by atoms with Gasteiger partial charge < -0.3 is 11.1 Å². The summed E-state index contributed by atoms with van der Waals surface area (Å²) in [5.74, 6) is 0.393. The van der Waals surface area contributed by atoms with Crippen LogP contribution in [0.3, 0.4) is 0 Å². The number of nitrogens with one attached hydrogen (secondary N) is 1. The average molecular weight is 225 g/mol. The van der Waals surface area contributed by atoms with E-state index in [1.165, 1.54) is 25.7 Å². The molecule has 0 aromatic carbocycles. The van der Waals surface area contributed by atoms with E-state index < -0.39 is 0 Å². The molecule has 1 unspecified atom stereocenters. The maximum Gasteiger partial charge on any atom is 0.235 e. The van der Waals surface area contributed by atoms with Crippen LogP contribution >= 0.6 is 0 Å². The Morgan fingerprint density at radius 2 is 1.94 bits per heavy atom. The molecular formula is C12H23N3O. The van der Waals surface area contributed by atoms with Gasteiger partial charge in [-0.3, -0.25) is 9.69 Å². The molecule has 1 heterocycles. The second-order valence-corrected chi connectivity index (χ2v) is 5.03. The summed E-state index contributed by atoms with van der Waals surface area (Å²) in [4.78, 5) is 14.0. The molecule has 0 spiro atoms. The van der Waals surface area contributed by atoms with Crippen LogP contribution in [0.5, 0.6) is 0 Å². The van der Waals surface area contributed by atoms with Gasteiger partial charge in [-0.2, -0.15) is 0 Å². The molecule has 1 saturated carbocycles. The summed E-state index contributed by atoms with van der Waals surface area (Å²) < 4.78 is 0. The van der Waals surface area contributed by atoms with Gasteiger partial charge in [0.2, 0.25) is 5.91 Å². The van der Waals surface area contributed by atoms with Crippen LogP contribution in [0.15, 0.2) is 0 Å². The number of rotatable bonds is 3. The predicted octanol–water partition coefficient (Wildman–Crippen LogP) is 0.326. The van der Waals surface area contributed by atoms with E-state index in [4.69, 9.17) is 5.73 Å². The molecule has 0 radical (unpaired) electrons. The summed E-state index contributed by atoms with van der Waals surface area (Å²) in [7, 11) is 0. The summed E-state index contributed by atoms with van der Waals surface area (Å²) in [6, 6.07) is -0.0117. The smallest absolute Gasteiger partial charge is 0.235 e. The first-order valence-corrected chi connectivity index (χ1v) is 6.53. The Balaban J connectivity index is 2.01. The minimum absolute atomic E-state index is 0.0117. The molecule has 0 bridgehead atoms. The van der Waals surface area contributed by atoms with E-state index in [1.54, 1.807) is 0 Å². The summed E-state index contributed by atoms with van der Waals surface area (Å²) in [5, 5.41) is 3.37. The van der Waals surface area contributed by atoms with Crippen molar-refractivity contribution >= 4 is 5.91 Å². The molecule has 0 aromatic rings. The molecule has 2 rings (SSSR count). The molecule has 0 aromatic heterocycles. The number of carbonyl (C=O) groups excluding carboxylic acids is 1. The van der Waals surface area contributed by atoms with Crippen LogP contribution in [0.25, 0.3) is 0 Å². The highest BCUT2D eigenvalue weighted by Crippen LogP contribution is 2.30. The maximum absolute atomic E-state index is 11.7.